The van der Waals surface area contributed by atoms with E-state index in [1.54, 1.807) is 23.7 Å². The van der Waals surface area contributed by atoms with Gasteiger partial charge < -0.3 is 0 Å². The van der Waals surface area contributed by atoms with Crippen molar-refractivity contribution in [2.24, 2.45) is 5.92 Å². The van der Waals surface area contributed by atoms with Crippen molar-refractivity contribution >= 4 is 16.3 Å². The maximum Gasteiger partial charge on any atom is 0.235 e. The predicted octanol–water partition coefficient (Wildman–Crippen LogP) is 2.20. The molecule has 1 saturated heterocycles. The Kier molecular flexibility index (Phi) is 3.80. The Morgan fingerprint density at radius 3 is 2.87 bits per heavy atom. The summed E-state index contributed by atoms with van der Waals surface area (Å²) in [6.45, 7) is 4.50. The first-order valence-corrected chi connectivity index (χ1v) is 8.66. The molecule has 0 aliphatic carbocycles. The van der Waals surface area contributed by atoms with Crippen LogP contribution in [0.1, 0.15) is 37.7 Å². The highest BCUT2D eigenvalue weighted by atomic mass is 32.1. The molecule has 8 heteroatoms. The number of nitrogens with one attached hydrogen (secondary N) is 2. The number of rotatable bonds is 4. The van der Waals surface area contributed by atoms with E-state index in [9.17, 15) is 0 Å². The lowest BCUT2D eigenvalue weighted by Crippen LogP contribution is -2.31. The van der Waals surface area contributed by atoms with E-state index < -0.39 is 0 Å². The van der Waals surface area contributed by atoms with Crippen LogP contribution in [0.3, 0.4) is 0 Å². The minimum absolute atomic E-state index is 0.232. The summed E-state index contributed by atoms with van der Waals surface area (Å²) in [5.74, 6) is 1.44. The lowest BCUT2D eigenvalue weighted by atomic mass is 10.0. The van der Waals surface area contributed by atoms with Gasteiger partial charge in [0, 0.05) is 24.0 Å². The molecular formula is C15H19N7S. The van der Waals surface area contributed by atoms with Crippen molar-refractivity contribution in [3.63, 3.8) is 0 Å². The molecule has 0 aromatic carbocycles. The smallest absolute Gasteiger partial charge is 0.235 e. The highest BCUT2D eigenvalue weighted by Gasteiger charge is 2.28. The number of hydrazine groups is 1. The van der Waals surface area contributed by atoms with Gasteiger partial charge in [0.25, 0.3) is 0 Å². The van der Waals surface area contributed by atoms with Crippen LogP contribution >= 0.6 is 11.3 Å². The average Bonchev–Trinajstić information content (AvgIpc) is 3.21. The van der Waals surface area contributed by atoms with E-state index in [4.69, 9.17) is 5.10 Å². The van der Waals surface area contributed by atoms with Crippen LogP contribution in [0, 0.1) is 5.92 Å². The first-order chi connectivity index (χ1) is 11.2. The van der Waals surface area contributed by atoms with E-state index in [2.05, 4.69) is 39.9 Å². The molecule has 2 unspecified atom stereocenters. The van der Waals surface area contributed by atoms with Crippen LogP contribution in [-0.4, -0.2) is 30.8 Å². The van der Waals surface area contributed by atoms with E-state index in [0.29, 0.717) is 12.0 Å². The fraction of sp³-hybridized carbons (Fsp3) is 0.467. The molecule has 1 aliphatic heterocycles. The van der Waals surface area contributed by atoms with Crippen LogP contribution < -0.4 is 10.9 Å². The third kappa shape index (κ3) is 2.85. The van der Waals surface area contributed by atoms with E-state index >= 15 is 0 Å². The summed E-state index contributed by atoms with van der Waals surface area (Å²) in [6.07, 6.45) is 5.72. The normalized spacial score (nSPS) is 21.5. The second-order valence-corrected chi connectivity index (χ2v) is 7.29. The van der Waals surface area contributed by atoms with Gasteiger partial charge >= 0.3 is 0 Å². The number of hydrogen-bond acceptors (Lipinski definition) is 7. The van der Waals surface area contributed by atoms with Gasteiger partial charge in [0.15, 0.2) is 5.82 Å². The van der Waals surface area contributed by atoms with Crippen LogP contribution in [0.4, 0.5) is 0 Å². The summed E-state index contributed by atoms with van der Waals surface area (Å²) in [5.41, 5.74) is 7.72. The number of fused-ring (bicyclic) bond motifs is 1. The van der Waals surface area contributed by atoms with Crippen molar-refractivity contribution in [3.05, 3.63) is 29.5 Å². The zero-order valence-electron chi connectivity index (χ0n) is 13.1. The molecular weight excluding hydrogens is 310 g/mol. The molecule has 0 saturated carbocycles. The monoisotopic (exact) mass is 329 g/mol. The van der Waals surface area contributed by atoms with Crippen molar-refractivity contribution < 1.29 is 0 Å². The first-order valence-electron chi connectivity index (χ1n) is 7.84. The molecule has 0 radical (unpaired) electrons. The molecule has 1 fully saturated rings. The van der Waals surface area contributed by atoms with Gasteiger partial charge in [0.2, 0.25) is 4.96 Å². The van der Waals surface area contributed by atoms with E-state index in [1.807, 2.05) is 16.6 Å². The molecule has 1 aliphatic rings. The van der Waals surface area contributed by atoms with Crippen molar-refractivity contribution in [3.8, 4) is 11.4 Å². The minimum Gasteiger partial charge on any atom is -0.265 e. The Morgan fingerprint density at radius 1 is 1.26 bits per heavy atom. The van der Waals surface area contributed by atoms with Crippen LogP contribution in [0.2, 0.25) is 0 Å². The molecule has 0 spiro atoms. The lowest BCUT2D eigenvalue weighted by molar-refractivity contribution is 0.446. The molecule has 4 rings (SSSR count). The van der Waals surface area contributed by atoms with Crippen molar-refractivity contribution in [1.82, 2.24) is 35.6 Å². The lowest BCUT2D eigenvalue weighted by Gasteiger charge is -2.10. The standard InChI is InChI=1S/C15H19N7S/c1-9(2)7-11-8-12(18-17-11)14-21-22-13(19-20-15(22)23-14)10-3-5-16-6-4-10/h3-6,9,11-12,17-18H,7-8H2,1-2H3. The van der Waals surface area contributed by atoms with Crippen molar-refractivity contribution in [2.75, 3.05) is 0 Å². The highest BCUT2D eigenvalue weighted by Crippen LogP contribution is 2.29. The third-order valence-corrected chi connectivity index (χ3v) is 4.99. The Labute approximate surface area is 138 Å². The molecule has 23 heavy (non-hydrogen) atoms. The summed E-state index contributed by atoms with van der Waals surface area (Å²) in [6, 6.07) is 4.57. The number of nitrogens with zero attached hydrogens (tertiary/aromatic N) is 5. The van der Waals surface area contributed by atoms with Gasteiger partial charge in [-0.25, -0.2) is 5.43 Å². The predicted molar refractivity (Wildman–Crippen MR) is 88.8 cm³/mol. The molecule has 120 valence electrons. The molecule has 2 N–H and O–H groups in total. The zero-order chi connectivity index (χ0) is 15.8. The van der Waals surface area contributed by atoms with Gasteiger partial charge in [-0.15, -0.1) is 10.2 Å². The quantitative estimate of drug-likeness (QED) is 0.764. The summed E-state index contributed by atoms with van der Waals surface area (Å²) >= 11 is 1.59. The molecule has 7 nitrogen and oxygen atoms in total. The first kappa shape index (κ1) is 14.7. The average molecular weight is 329 g/mol. The Hall–Kier alpha value is -1.90. The highest BCUT2D eigenvalue weighted by molar-refractivity contribution is 7.16. The van der Waals surface area contributed by atoms with Crippen LogP contribution in [0.25, 0.3) is 16.3 Å². The maximum atomic E-state index is 4.73. The third-order valence-electron chi connectivity index (χ3n) is 3.98. The largest absolute Gasteiger partial charge is 0.265 e. The fourth-order valence-electron chi connectivity index (χ4n) is 2.96. The van der Waals surface area contributed by atoms with E-state index in [1.165, 1.54) is 0 Å². The second-order valence-electron chi connectivity index (χ2n) is 6.30. The molecule has 3 aromatic rings. The Morgan fingerprint density at radius 2 is 2.09 bits per heavy atom. The summed E-state index contributed by atoms with van der Waals surface area (Å²) < 4.78 is 1.83. The van der Waals surface area contributed by atoms with Gasteiger partial charge in [-0.05, 0) is 30.9 Å². The maximum absolute atomic E-state index is 4.73. The number of hydrogen-bond donors (Lipinski definition) is 2. The minimum atomic E-state index is 0.232. The molecule has 0 amide bonds. The topological polar surface area (TPSA) is 80.0 Å². The Bertz CT molecular complexity index is 795. The van der Waals surface area contributed by atoms with Gasteiger partial charge in [0.05, 0.1) is 6.04 Å². The molecule has 4 heterocycles. The van der Waals surface area contributed by atoms with E-state index in [-0.39, 0.29) is 6.04 Å². The van der Waals surface area contributed by atoms with E-state index in [0.717, 1.165) is 34.2 Å². The Balaban J connectivity index is 1.60. The van der Waals surface area contributed by atoms with Crippen LogP contribution in [0.5, 0.6) is 0 Å². The summed E-state index contributed by atoms with van der Waals surface area (Å²) in [7, 11) is 0. The van der Waals surface area contributed by atoms with Gasteiger partial charge in [-0.2, -0.15) is 9.61 Å². The van der Waals surface area contributed by atoms with Crippen molar-refractivity contribution in [1.29, 1.82) is 0 Å². The van der Waals surface area contributed by atoms with Gasteiger partial charge in [-0.3, -0.25) is 10.4 Å². The van der Waals surface area contributed by atoms with Gasteiger partial charge in [-0.1, -0.05) is 25.2 Å². The molecule has 0 bridgehead atoms. The second kappa shape index (κ2) is 5.95. The summed E-state index contributed by atoms with van der Waals surface area (Å²) in [5, 5.41) is 14.3. The summed E-state index contributed by atoms with van der Waals surface area (Å²) in [4.78, 5) is 4.86. The van der Waals surface area contributed by atoms with Crippen molar-refractivity contribution in [2.45, 2.75) is 38.8 Å². The molecule has 3 aromatic heterocycles. The van der Waals surface area contributed by atoms with Crippen LogP contribution in [0.15, 0.2) is 24.5 Å². The van der Waals surface area contributed by atoms with Crippen LogP contribution in [-0.2, 0) is 0 Å². The number of aromatic nitrogens is 5. The van der Waals surface area contributed by atoms with Gasteiger partial charge in [0.1, 0.15) is 5.01 Å². The molecule has 2 atom stereocenters. The fourth-order valence-corrected chi connectivity index (χ4v) is 3.86. The number of pyridine rings is 1. The SMILES string of the molecule is CC(C)CC1CC(c2nn3c(-c4ccncc4)nnc3s2)NN1. The zero-order valence-corrected chi connectivity index (χ0v) is 13.9.